The highest BCUT2D eigenvalue weighted by atomic mass is 15.0. The van der Waals surface area contributed by atoms with Crippen LogP contribution in [0.5, 0.6) is 0 Å². The van der Waals surface area contributed by atoms with E-state index in [0.29, 0.717) is 12.5 Å². The molecule has 3 N–H and O–H groups in total. The van der Waals surface area contributed by atoms with E-state index in [9.17, 15) is 0 Å². The minimum atomic E-state index is 0.0193. The molecule has 19 heavy (non-hydrogen) atoms. The topological polar surface area (TPSA) is 38.0 Å². The number of nitrogens with one attached hydrogen (secondary N) is 1. The van der Waals surface area contributed by atoms with Gasteiger partial charge in [0, 0.05) is 6.54 Å². The third-order valence-electron chi connectivity index (χ3n) is 5.34. The van der Waals surface area contributed by atoms with Crippen molar-refractivity contribution in [1.82, 2.24) is 5.32 Å². The molecule has 0 saturated heterocycles. The van der Waals surface area contributed by atoms with E-state index in [1.807, 2.05) is 0 Å². The molecule has 0 aliphatic heterocycles. The summed E-state index contributed by atoms with van der Waals surface area (Å²) in [5.41, 5.74) is 9.14. The lowest BCUT2D eigenvalue weighted by Crippen LogP contribution is -2.51. The molecular weight excluding hydrogens is 232 g/mol. The second kappa shape index (κ2) is 4.92. The zero-order chi connectivity index (χ0) is 13.5. The maximum Gasteiger partial charge on any atom is 0.0561 e. The summed E-state index contributed by atoms with van der Waals surface area (Å²) in [5.74, 6) is 2.44. The first-order valence-electron chi connectivity index (χ1n) is 7.71. The van der Waals surface area contributed by atoms with Crippen molar-refractivity contribution in [2.24, 2.45) is 17.6 Å². The quantitative estimate of drug-likeness (QED) is 0.871. The maximum absolute atomic E-state index is 6.18. The molecule has 1 saturated carbocycles. The van der Waals surface area contributed by atoms with Crippen LogP contribution in [0.2, 0.25) is 0 Å². The van der Waals surface area contributed by atoms with Gasteiger partial charge >= 0.3 is 0 Å². The smallest absolute Gasteiger partial charge is 0.0561 e. The molecule has 104 valence electrons. The van der Waals surface area contributed by atoms with Gasteiger partial charge in [0.15, 0.2) is 0 Å². The Labute approximate surface area is 116 Å². The second-order valence-electron chi connectivity index (χ2n) is 6.67. The number of hydrogen-bond acceptors (Lipinski definition) is 2. The molecule has 1 aromatic carbocycles. The fourth-order valence-electron chi connectivity index (χ4n) is 3.59. The first kappa shape index (κ1) is 13.1. The summed E-state index contributed by atoms with van der Waals surface area (Å²) in [4.78, 5) is 0. The molecule has 0 amide bonds. The molecule has 3 rings (SSSR count). The highest BCUT2D eigenvalue weighted by Crippen LogP contribution is 2.42. The SMILES string of the molecule is CC1CCC(CN)(NCC2CC2C)c2ccccc21. The highest BCUT2D eigenvalue weighted by molar-refractivity contribution is 5.39. The molecule has 0 heterocycles. The van der Waals surface area contributed by atoms with Gasteiger partial charge in [0.25, 0.3) is 0 Å². The average molecular weight is 258 g/mol. The molecule has 0 radical (unpaired) electrons. The molecule has 0 aromatic heterocycles. The molecule has 0 spiro atoms. The first-order chi connectivity index (χ1) is 9.16. The fourth-order valence-corrected chi connectivity index (χ4v) is 3.59. The number of nitrogens with two attached hydrogens (primary N) is 1. The van der Waals surface area contributed by atoms with Crippen LogP contribution >= 0.6 is 0 Å². The largest absolute Gasteiger partial charge is 0.328 e. The molecule has 4 atom stereocenters. The van der Waals surface area contributed by atoms with Crippen molar-refractivity contribution in [3.05, 3.63) is 35.4 Å². The van der Waals surface area contributed by atoms with E-state index in [2.05, 4.69) is 43.4 Å². The number of rotatable bonds is 4. The van der Waals surface area contributed by atoms with Crippen LogP contribution in [-0.2, 0) is 5.54 Å². The van der Waals surface area contributed by atoms with Gasteiger partial charge in [0.1, 0.15) is 0 Å². The van der Waals surface area contributed by atoms with E-state index in [-0.39, 0.29) is 5.54 Å². The Balaban J connectivity index is 1.86. The maximum atomic E-state index is 6.18. The molecule has 2 aliphatic rings. The molecule has 2 aliphatic carbocycles. The summed E-state index contributed by atoms with van der Waals surface area (Å²) in [6, 6.07) is 8.87. The normalized spacial score (nSPS) is 36.9. The second-order valence-corrected chi connectivity index (χ2v) is 6.67. The lowest BCUT2D eigenvalue weighted by molar-refractivity contribution is 0.275. The standard InChI is InChI=1S/C17H26N2/c1-12-7-8-17(11-18,19-10-14-9-13(14)2)16-6-4-3-5-15(12)16/h3-6,12-14,19H,7-11,18H2,1-2H3. The van der Waals surface area contributed by atoms with E-state index in [0.717, 1.165) is 18.4 Å². The van der Waals surface area contributed by atoms with Gasteiger partial charge in [-0.2, -0.15) is 0 Å². The Kier molecular flexibility index (Phi) is 3.40. The van der Waals surface area contributed by atoms with Crippen molar-refractivity contribution in [3.63, 3.8) is 0 Å². The van der Waals surface area contributed by atoms with Gasteiger partial charge in [-0.3, -0.25) is 0 Å². The highest BCUT2D eigenvalue weighted by Gasteiger charge is 2.40. The van der Waals surface area contributed by atoms with Gasteiger partial charge in [-0.15, -0.1) is 0 Å². The minimum absolute atomic E-state index is 0.0193. The summed E-state index contributed by atoms with van der Waals surface area (Å²) in [6.45, 7) is 6.51. The Hall–Kier alpha value is -0.860. The Morgan fingerprint density at radius 1 is 1.32 bits per heavy atom. The van der Waals surface area contributed by atoms with Crippen LogP contribution in [0, 0.1) is 11.8 Å². The van der Waals surface area contributed by atoms with E-state index in [1.165, 1.54) is 30.4 Å². The van der Waals surface area contributed by atoms with Crippen LogP contribution in [0.1, 0.15) is 50.2 Å². The van der Waals surface area contributed by atoms with Crippen molar-refractivity contribution < 1.29 is 0 Å². The van der Waals surface area contributed by atoms with E-state index in [1.54, 1.807) is 0 Å². The lowest BCUT2D eigenvalue weighted by Gasteiger charge is -2.41. The zero-order valence-corrected chi connectivity index (χ0v) is 12.2. The summed E-state index contributed by atoms with van der Waals surface area (Å²) in [6.07, 6.45) is 3.79. The first-order valence-corrected chi connectivity index (χ1v) is 7.71. The van der Waals surface area contributed by atoms with Gasteiger partial charge in [-0.1, -0.05) is 38.1 Å². The molecule has 2 heteroatoms. The molecule has 4 unspecified atom stereocenters. The van der Waals surface area contributed by atoms with Crippen molar-refractivity contribution >= 4 is 0 Å². The Bertz CT molecular complexity index is 456. The number of fused-ring (bicyclic) bond motifs is 1. The third kappa shape index (κ3) is 2.32. The van der Waals surface area contributed by atoms with E-state index < -0.39 is 0 Å². The summed E-state index contributed by atoms with van der Waals surface area (Å²) >= 11 is 0. The predicted molar refractivity (Wildman–Crippen MR) is 80.1 cm³/mol. The third-order valence-corrected chi connectivity index (χ3v) is 5.34. The molecular formula is C17H26N2. The zero-order valence-electron chi connectivity index (χ0n) is 12.2. The van der Waals surface area contributed by atoms with Crippen LogP contribution < -0.4 is 11.1 Å². The molecule has 1 aromatic rings. The monoisotopic (exact) mass is 258 g/mol. The summed E-state index contributed by atoms with van der Waals surface area (Å²) < 4.78 is 0. The van der Waals surface area contributed by atoms with Crippen LogP contribution in [-0.4, -0.2) is 13.1 Å². The minimum Gasteiger partial charge on any atom is -0.328 e. The lowest BCUT2D eigenvalue weighted by atomic mass is 9.72. The van der Waals surface area contributed by atoms with Gasteiger partial charge in [0.05, 0.1) is 5.54 Å². The number of benzene rings is 1. The van der Waals surface area contributed by atoms with Crippen LogP contribution in [0.15, 0.2) is 24.3 Å². The van der Waals surface area contributed by atoms with Gasteiger partial charge < -0.3 is 11.1 Å². The number of hydrogen-bond donors (Lipinski definition) is 2. The predicted octanol–water partition coefficient (Wildman–Crippen LogP) is 2.98. The Morgan fingerprint density at radius 3 is 2.74 bits per heavy atom. The van der Waals surface area contributed by atoms with Crippen LogP contribution in [0.4, 0.5) is 0 Å². The van der Waals surface area contributed by atoms with Crippen LogP contribution in [0.3, 0.4) is 0 Å². The van der Waals surface area contributed by atoms with Gasteiger partial charge in [-0.25, -0.2) is 0 Å². The van der Waals surface area contributed by atoms with Crippen molar-refractivity contribution in [3.8, 4) is 0 Å². The summed E-state index contributed by atoms with van der Waals surface area (Å²) in [7, 11) is 0. The van der Waals surface area contributed by atoms with Gasteiger partial charge in [0.2, 0.25) is 0 Å². The van der Waals surface area contributed by atoms with Crippen molar-refractivity contribution in [1.29, 1.82) is 0 Å². The van der Waals surface area contributed by atoms with Crippen molar-refractivity contribution in [2.75, 3.05) is 13.1 Å². The average Bonchev–Trinajstić information content (AvgIpc) is 3.15. The van der Waals surface area contributed by atoms with E-state index >= 15 is 0 Å². The fraction of sp³-hybridized carbons (Fsp3) is 0.647. The van der Waals surface area contributed by atoms with Crippen molar-refractivity contribution in [2.45, 2.75) is 44.6 Å². The molecule has 2 nitrogen and oxygen atoms in total. The summed E-state index contributed by atoms with van der Waals surface area (Å²) in [5, 5.41) is 3.83. The van der Waals surface area contributed by atoms with E-state index in [4.69, 9.17) is 5.73 Å². The molecule has 0 bridgehead atoms. The molecule has 1 fully saturated rings. The van der Waals surface area contributed by atoms with Gasteiger partial charge in [-0.05, 0) is 54.7 Å². The Morgan fingerprint density at radius 2 is 2.05 bits per heavy atom. The van der Waals surface area contributed by atoms with Crippen LogP contribution in [0.25, 0.3) is 0 Å².